The molecule has 0 saturated carbocycles. The van der Waals surface area contributed by atoms with Crippen LogP contribution in [0, 0.1) is 0 Å². The van der Waals surface area contributed by atoms with Crippen LogP contribution in [0.5, 0.6) is 0 Å². The first kappa shape index (κ1) is 63.0. The molecule has 1 heterocycles. The lowest BCUT2D eigenvalue weighted by Crippen LogP contribution is -2.50. The van der Waals surface area contributed by atoms with E-state index in [9.17, 15) is 4.79 Å². The van der Waals surface area contributed by atoms with Gasteiger partial charge in [0.05, 0.1) is 78.3 Å². The molecule has 440 valence electrons. The third kappa shape index (κ3) is 21.6. The summed E-state index contributed by atoms with van der Waals surface area (Å²) in [6, 6.07) is 80.3. The molecule has 1 fully saturated rings. The van der Waals surface area contributed by atoms with E-state index in [0.717, 1.165) is 50.8 Å². The lowest BCUT2D eigenvalue weighted by Gasteiger charge is -2.36. The van der Waals surface area contributed by atoms with Gasteiger partial charge in [0.1, 0.15) is 42.9 Å². The fourth-order valence-electron chi connectivity index (χ4n) is 9.80. The molecular formula is C72H80O12. The van der Waals surface area contributed by atoms with Crippen LogP contribution in [0.15, 0.2) is 243 Å². The quantitative estimate of drug-likeness (QED) is 0.0364. The summed E-state index contributed by atoms with van der Waals surface area (Å²) in [5.74, 6) is 0. The van der Waals surface area contributed by atoms with E-state index in [0.29, 0.717) is 65.9 Å². The summed E-state index contributed by atoms with van der Waals surface area (Å²) >= 11 is 0. The van der Waals surface area contributed by atoms with E-state index in [1.165, 1.54) is 0 Å². The van der Waals surface area contributed by atoms with Gasteiger partial charge in [-0.15, -0.1) is 0 Å². The van der Waals surface area contributed by atoms with Gasteiger partial charge in [-0.05, 0) is 44.5 Å². The Balaban J connectivity index is 0.000000219. The van der Waals surface area contributed by atoms with Gasteiger partial charge in [-0.1, -0.05) is 243 Å². The molecule has 1 aliphatic heterocycles. The highest BCUT2D eigenvalue weighted by Crippen LogP contribution is 2.31. The average molecular weight is 1140 g/mol. The number of hydrogen-bond acceptors (Lipinski definition) is 12. The van der Waals surface area contributed by atoms with E-state index in [4.69, 9.17) is 52.1 Å². The third-order valence-corrected chi connectivity index (χ3v) is 14.3. The van der Waals surface area contributed by atoms with Crippen molar-refractivity contribution in [2.24, 2.45) is 0 Å². The Bertz CT molecular complexity index is 2930. The van der Waals surface area contributed by atoms with Gasteiger partial charge in [-0.2, -0.15) is 0 Å². The first-order valence-corrected chi connectivity index (χ1v) is 28.9. The highest BCUT2D eigenvalue weighted by Gasteiger charge is 2.44. The number of carbonyl (C=O) groups excluding carboxylic acids is 1. The van der Waals surface area contributed by atoms with Gasteiger partial charge in [-0.25, -0.2) is 0 Å². The number of ether oxygens (including phenoxy) is 11. The minimum atomic E-state index is -0.631. The molecule has 12 nitrogen and oxygen atoms in total. The molecule has 12 heteroatoms. The van der Waals surface area contributed by atoms with Crippen molar-refractivity contribution in [2.75, 3.05) is 27.4 Å². The Morgan fingerprint density at radius 3 is 1.14 bits per heavy atom. The largest absolute Gasteiger partial charge is 0.376 e. The normalized spacial score (nSPS) is 18.3. The topological polar surface area (TPSA) is 119 Å². The first-order valence-electron chi connectivity index (χ1n) is 28.9. The van der Waals surface area contributed by atoms with Gasteiger partial charge in [-0.3, -0.25) is 0 Å². The van der Waals surface area contributed by atoms with Crippen molar-refractivity contribution in [3.63, 3.8) is 0 Å². The van der Waals surface area contributed by atoms with Crippen LogP contribution in [0.1, 0.15) is 57.3 Å². The molecule has 1 saturated heterocycles. The maximum absolute atomic E-state index is 11.9. The molecule has 0 aliphatic carbocycles. The summed E-state index contributed by atoms with van der Waals surface area (Å²) in [5, 5.41) is 0. The molecule has 8 aromatic rings. The number of aldehydes is 1. The van der Waals surface area contributed by atoms with Crippen LogP contribution in [0.2, 0.25) is 0 Å². The summed E-state index contributed by atoms with van der Waals surface area (Å²) in [6.45, 7) is 3.72. The predicted octanol–water partition coefficient (Wildman–Crippen LogP) is 13.3. The molecule has 84 heavy (non-hydrogen) atoms. The van der Waals surface area contributed by atoms with E-state index < -0.39 is 49.0 Å². The zero-order chi connectivity index (χ0) is 58.1. The van der Waals surface area contributed by atoms with E-state index >= 15 is 0 Å². The molecular weight excluding hydrogens is 1060 g/mol. The second-order valence-electron chi connectivity index (χ2n) is 20.5. The van der Waals surface area contributed by atoms with Gasteiger partial charge >= 0.3 is 0 Å². The van der Waals surface area contributed by atoms with Crippen molar-refractivity contribution >= 4 is 6.29 Å². The fraction of sp³-hybridized carbons (Fsp3) is 0.319. The zero-order valence-electron chi connectivity index (χ0n) is 48.3. The summed E-state index contributed by atoms with van der Waals surface area (Å²) in [7, 11) is 3.30. The summed E-state index contributed by atoms with van der Waals surface area (Å²) < 4.78 is 70.2. The summed E-state index contributed by atoms with van der Waals surface area (Å²) in [5.41, 5.74) is 8.42. The van der Waals surface area contributed by atoms with Gasteiger partial charge in [0, 0.05) is 27.1 Å². The lowest BCUT2D eigenvalue weighted by atomic mass is 10.00. The third-order valence-electron chi connectivity index (χ3n) is 14.3. The second-order valence-corrected chi connectivity index (χ2v) is 20.5. The van der Waals surface area contributed by atoms with Crippen LogP contribution < -0.4 is 0 Å². The minimum Gasteiger partial charge on any atom is -0.376 e. The highest BCUT2D eigenvalue weighted by molar-refractivity contribution is 5.50. The Hall–Kier alpha value is -7.01. The molecule has 0 spiro atoms. The smallest absolute Gasteiger partial charge is 0.160 e. The molecule has 0 bridgehead atoms. The van der Waals surface area contributed by atoms with Crippen LogP contribution in [0.4, 0.5) is 0 Å². The summed E-state index contributed by atoms with van der Waals surface area (Å²) in [4.78, 5) is 11.9. The van der Waals surface area contributed by atoms with Crippen molar-refractivity contribution < 1.29 is 56.9 Å². The van der Waals surface area contributed by atoms with E-state index in [1.54, 1.807) is 14.2 Å². The minimum absolute atomic E-state index is 0.138. The van der Waals surface area contributed by atoms with Crippen molar-refractivity contribution in [1.29, 1.82) is 0 Å². The summed E-state index contributed by atoms with van der Waals surface area (Å²) in [6.07, 6.45) is -3.04. The van der Waals surface area contributed by atoms with Crippen LogP contribution >= 0.6 is 0 Å². The van der Waals surface area contributed by atoms with Gasteiger partial charge in [0.2, 0.25) is 0 Å². The Morgan fingerprint density at radius 1 is 0.405 bits per heavy atom. The number of methoxy groups -OCH3 is 2. The maximum atomic E-state index is 11.9. The molecule has 0 amide bonds. The van der Waals surface area contributed by atoms with Gasteiger partial charge in [0.25, 0.3) is 0 Å². The van der Waals surface area contributed by atoms with Crippen LogP contribution in [0.3, 0.4) is 0 Å². The molecule has 0 aromatic heterocycles. The number of benzene rings is 8. The van der Waals surface area contributed by atoms with Gasteiger partial charge < -0.3 is 56.9 Å². The van der Waals surface area contributed by atoms with Gasteiger partial charge in [0.15, 0.2) is 6.29 Å². The van der Waals surface area contributed by atoms with Crippen molar-refractivity contribution in [1.82, 2.24) is 0 Å². The lowest BCUT2D eigenvalue weighted by molar-refractivity contribution is -0.207. The van der Waals surface area contributed by atoms with E-state index in [1.807, 2.05) is 194 Å². The molecule has 1 aliphatic rings. The van der Waals surface area contributed by atoms with Crippen LogP contribution in [-0.4, -0.2) is 88.8 Å². The van der Waals surface area contributed by atoms with Crippen molar-refractivity contribution in [3.05, 3.63) is 287 Å². The Labute approximate surface area is 496 Å². The van der Waals surface area contributed by atoms with E-state index in [-0.39, 0.29) is 19.1 Å². The fourth-order valence-corrected chi connectivity index (χ4v) is 9.80. The zero-order valence-corrected chi connectivity index (χ0v) is 48.3. The Morgan fingerprint density at radius 2 is 0.750 bits per heavy atom. The van der Waals surface area contributed by atoms with E-state index in [2.05, 4.69) is 48.5 Å². The standard InChI is InChI=1S/2C36H40O6/c1-37-34-22-32(39-24-29-16-8-3-9-17-29)35(40-25-30-18-10-4-11-19-30)36(41-26-31-20-12-5-13-21-31)33(42-34)27-38-23-28-14-6-2-7-15-28;1-38-34(28-39-24-29-14-6-2-7-15-29)36(42-27-32-20-12-5-13-21-32)35(41-26-31-18-10-4-11-19-31)33(22-23-37)40-25-30-16-8-3-9-17-30/h2-21,32-36H,22-27H2,1H3;2-21,23,33-36H,22,24-28H2,1H3/t32-,33+,34?,35-,36+;33-,34+,35-,36+/m00/s1. The molecule has 9 rings (SSSR count). The number of carbonyl (C=O) groups is 1. The first-order chi connectivity index (χ1) is 41.5. The number of rotatable bonds is 33. The van der Waals surface area contributed by atoms with Crippen molar-refractivity contribution in [3.8, 4) is 0 Å². The molecule has 0 radical (unpaired) electrons. The molecule has 1 unspecified atom stereocenters. The average Bonchev–Trinajstić information content (AvgIpc) is 3.76. The SMILES string of the molecule is COC1C[C@H](OCc2ccccc2)[C@H](OCc2ccccc2)[C@H](OCc2ccccc2)[C@@H](COCc2ccccc2)O1.CO[C@H](COCc1ccccc1)[C@@H](OCc1ccccc1)[C@@H](OCc1ccccc1)[C@H](CC=O)OCc1ccccc1. The monoisotopic (exact) mass is 1140 g/mol. The molecule has 0 N–H and O–H groups in total. The van der Waals surface area contributed by atoms with Crippen LogP contribution in [0.25, 0.3) is 0 Å². The maximum Gasteiger partial charge on any atom is 0.160 e. The predicted molar refractivity (Wildman–Crippen MR) is 324 cm³/mol. The molecule has 9 atom stereocenters. The highest BCUT2D eigenvalue weighted by atomic mass is 16.7. The molecule has 8 aromatic carbocycles. The van der Waals surface area contributed by atoms with Crippen LogP contribution in [-0.2, 0) is 110 Å². The van der Waals surface area contributed by atoms with Crippen molar-refractivity contribution in [2.45, 2.75) is 121 Å². The number of hydrogen-bond donors (Lipinski definition) is 0. The second kappa shape index (κ2) is 36.6. The Kier molecular flexibility index (Phi) is 27.5.